The maximum atomic E-state index is 11.2. The average molecular weight is 234 g/mol. The summed E-state index contributed by atoms with van der Waals surface area (Å²) < 4.78 is 2.15. The van der Waals surface area contributed by atoms with E-state index in [1.165, 1.54) is 32.1 Å². The second kappa shape index (κ2) is 5.48. The van der Waals surface area contributed by atoms with Crippen LogP contribution in [0, 0.1) is 0 Å². The predicted molar refractivity (Wildman–Crippen MR) is 68.5 cm³/mol. The number of nitrogens with zero attached hydrogens (tertiary/aromatic N) is 2. The summed E-state index contributed by atoms with van der Waals surface area (Å²) in [6, 6.07) is 0.526. The summed E-state index contributed by atoms with van der Waals surface area (Å²) in [7, 11) is 0. The van der Waals surface area contributed by atoms with Crippen LogP contribution in [0.15, 0.2) is 0 Å². The standard InChI is InChI=1S/C14H22N2O/c1-3-13-12(10-17)14(4-2)16(15-13)11-8-6-5-7-9-11/h10-11H,3-9H2,1-2H3. The third-order valence-corrected chi connectivity index (χ3v) is 3.83. The Morgan fingerprint density at radius 1 is 1.24 bits per heavy atom. The van der Waals surface area contributed by atoms with Gasteiger partial charge in [0.1, 0.15) is 0 Å². The molecule has 1 heterocycles. The first kappa shape index (κ1) is 12.3. The van der Waals surface area contributed by atoms with Gasteiger partial charge < -0.3 is 0 Å². The van der Waals surface area contributed by atoms with E-state index < -0.39 is 0 Å². The number of hydrogen-bond donors (Lipinski definition) is 0. The van der Waals surface area contributed by atoms with Crippen molar-refractivity contribution in [2.75, 3.05) is 0 Å². The number of carbonyl (C=O) groups excluding carboxylic acids is 1. The molecule has 3 heteroatoms. The molecule has 1 aromatic heterocycles. The van der Waals surface area contributed by atoms with Gasteiger partial charge in [-0.25, -0.2) is 0 Å². The Bertz CT molecular complexity index is 389. The van der Waals surface area contributed by atoms with Crippen molar-refractivity contribution in [1.82, 2.24) is 9.78 Å². The Morgan fingerprint density at radius 2 is 1.94 bits per heavy atom. The quantitative estimate of drug-likeness (QED) is 0.749. The van der Waals surface area contributed by atoms with Gasteiger partial charge in [0.2, 0.25) is 0 Å². The highest BCUT2D eigenvalue weighted by Gasteiger charge is 2.22. The minimum absolute atomic E-state index is 0.526. The fourth-order valence-corrected chi connectivity index (χ4v) is 2.91. The van der Waals surface area contributed by atoms with Crippen LogP contribution in [0.1, 0.15) is 73.7 Å². The largest absolute Gasteiger partial charge is 0.298 e. The molecule has 94 valence electrons. The molecule has 1 aromatic rings. The smallest absolute Gasteiger partial charge is 0.153 e. The van der Waals surface area contributed by atoms with Gasteiger partial charge in [0.05, 0.1) is 17.3 Å². The summed E-state index contributed by atoms with van der Waals surface area (Å²) in [5.74, 6) is 0. The highest BCUT2D eigenvalue weighted by atomic mass is 16.1. The lowest BCUT2D eigenvalue weighted by molar-refractivity contribution is 0.112. The van der Waals surface area contributed by atoms with E-state index >= 15 is 0 Å². The first-order valence-corrected chi connectivity index (χ1v) is 6.87. The lowest BCUT2D eigenvalue weighted by atomic mass is 9.95. The first-order chi connectivity index (χ1) is 8.31. The van der Waals surface area contributed by atoms with Crippen molar-refractivity contribution < 1.29 is 4.79 Å². The van der Waals surface area contributed by atoms with Crippen molar-refractivity contribution >= 4 is 6.29 Å². The van der Waals surface area contributed by atoms with Crippen LogP contribution in [0.3, 0.4) is 0 Å². The Kier molecular flexibility index (Phi) is 3.97. The van der Waals surface area contributed by atoms with Gasteiger partial charge in [-0.05, 0) is 25.7 Å². The van der Waals surface area contributed by atoms with Crippen LogP contribution in [-0.4, -0.2) is 16.1 Å². The van der Waals surface area contributed by atoms with Gasteiger partial charge in [-0.15, -0.1) is 0 Å². The summed E-state index contributed by atoms with van der Waals surface area (Å²) >= 11 is 0. The van der Waals surface area contributed by atoms with Gasteiger partial charge in [0, 0.05) is 5.69 Å². The molecule has 1 aliphatic carbocycles. The molecule has 0 unspecified atom stereocenters. The van der Waals surface area contributed by atoms with Crippen molar-refractivity contribution in [1.29, 1.82) is 0 Å². The summed E-state index contributed by atoms with van der Waals surface area (Å²) in [6.45, 7) is 4.18. The number of hydrogen-bond acceptors (Lipinski definition) is 2. The number of aromatic nitrogens is 2. The van der Waals surface area contributed by atoms with Crippen molar-refractivity contribution in [3.8, 4) is 0 Å². The molecule has 0 saturated heterocycles. The summed E-state index contributed by atoms with van der Waals surface area (Å²) in [5.41, 5.74) is 2.96. The zero-order valence-electron chi connectivity index (χ0n) is 10.9. The summed E-state index contributed by atoms with van der Waals surface area (Å²) in [4.78, 5) is 11.2. The molecule has 1 saturated carbocycles. The van der Waals surface area contributed by atoms with Crippen molar-refractivity contribution in [3.05, 3.63) is 17.0 Å². The summed E-state index contributed by atoms with van der Waals surface area (Å²) in [5, 5.41) is 4.68. The minimum Gasteiger partial charge on any atom is -0.298 e. The molecule has 17 heavy (non-hydrogen) atoms. The molecule has 0 spiro atoms. The monoisotopic (exact) mass is 234 g/mol. The molecule has 0 radical (unpaired) electrons. The van der Waals surface area contributed by atoms with Crippen molar-refractivity contribution in [2.45, 2.75) is 64.8 Å². The van der Waals surface area contributed by atoms with Crippen molar-refractivity contribution in [3.63, 3.8) is 0 Å². The van der Waals surface area contributed by atoms with Crippen LogP contribution < -0.4 is 0 Å². The SMILES string of the molecule is CCc1nn(C2CCCCC2)c(CC)c1C=O. The van der Waals surface area contributed by atoms with E-state index in [1.807, 2.05) is 0 Å². The number of aldehydes is 1. The van der Waals surface area contributed by atoms with Crippen LogP contribution in [-0.2, 0) is 12.8 Å². The average Bonchev–Trinajstić information content (AvgIpc) is 2.77. The lowest BCUT2D eigenvalue weighted by Crippen LogP contribution is -2.16. The van der Waals surface area contributed by atoms with E-state index in [2.05, 4.69) is 23.6 Å². The van der Waals surface area contributed by atoms with E-state index in [1.54, 1.807) is 0 Å². The molecule has 0 bridgehead atoms. The fourth-order valence-electron chi connectivity index (χ4n) is 2.91. The van der Waals surface area contributed by atoms with Crippen molar-refractivity contribution in [2.24, 2.45) is 0 Å². The summed E-state index contributed by atoms with van der Waals surface area (Å²) in [6.07, 6.45) is 9.12. The Labute approximate surface area is 103 Å². The first-order valence-electron chi connectivity index (χ1n) is 6.87. The van der Waals surface area contributed by atoms with E-state index in [-0.39, 0.29) is 0 Å². The van der Waals surface area contributed by atoms with Crippen LogP contribution in [0.4, 0.5) is 0 Å². The highest BCUT2D eigenvalue weighted by Crippen LogP contribution is 2.30. The van der Waals surface area contributed by atoms with Crippen LogP contribution in [0.25, 0.3) is 0 Å². The van der Waals surface area contributed by atoms with E-state index in [0.29, 0.717) is 6.04 Å². The molecule has 0 aliphatic heterocycles. The van der Waals surface area contributed by atoms with Crippen LogP contribution in [0.5, 0.6) is 0 Å². The second-order valence-corrected chi connectivity index (χ2v) is 4.87. The maximum absolute atomic E-state index is 11.2. The Morgan fingerprint density at radius 3 is 2.47 bits per heavy atom. The maximum Gasteiger partial charge on any atom is 0.153 e. The van der Waals surface area contributed by atoms with Crippen LogP contribution in [0.2, 0.25) is 0 Å². The lowest BCUT2D eigenvalue weighted by Gasteiger charge is -2.23. The van der Waals surface area contributed by atoms with Crippen LogP contribution >= 0.6 is 0 Å². The third kappa shape index (κ3) is 2.28. The van der Waals surface area contributed by atoms with Gasteiger partial charge in [-0.3, -0.25) is 9.48 Å². The van der Waals surface area contributed by atoms with Gasteiger partial charge >= 0.3 is 0 Å². The molecule has 2 rings (SSSR count). The second-order valence-electron chi connectivity index (χ2n) is 4.87. The molecule has 0 N–H and O–H groups in total. The molecule has 1 aliphatic rings. The van der Waals surface area contributed by atoms with Gasteiger partial charge in [0.25, 0.3) is 0 Å². The topological polar surface area (TPSA) is 34.9 Å². The molecular weight excluding hydrogens is 212 g/mol. The number of carbonyl (C=O) groups is 1. The predicted octanol–water partition coefficient (Wildman–Crippen LogP) is 3.33. The zero-order valence-corrected chi connectivity index (χ0v) is 10.9. The van der Waals surface area contributed by atoms with E-state index in [0.717, 1.165) is 36.1 Å². The molecule has 0 amide bonds. The Hall–Kier alpha value is -1.12. The fraction of sp³-hybridized carbons (Fsp3) is 0.714. The van der Waals surface area contributed by atoms with E-state index in [4.69, 9.17) is 0 Å². The van der Waals surface area contributed by atoms with Gasteiger partial charge in [0.15, 0.2) is 6.29 Å². The highest BCUT2D eigenvalue weighted by molar-refractivity contribution is 5.78. The van der Waals surface area contributed by atoms with E-state index in [9.17, 15) is 4.79 Å². The third-order valence-electron chi connectivity index (χ3n) is 3.83. The Balaban J connectivity index is 2.37. The molecule has 0 atom stereocenters. The zero-order chi connectivity index (χ0) is 12.3. The molecular formula is C14H22N2O. The van der Waals surface area contributed by atoms with Gasteiger partial charge in [-0.2, -0.15) is 5.10 Å². The minimum atomic E-state index is 0.526. The molecule has 1 fully saturated rings. The molecule has 3 nitrogen and oxygen atoms in total. The number of aryl methyl sites for hydroxylation is 1. The normalized spacial score (nSPS) is 17.3. The van der Waals surface area contributed by atoms with Gasteiger partial charge in [-0.1, -0.05) is 33.1 Å². The molecule has 0 aromatic carbocycles. The number of rotatable bonds is 4.